The van der Waals surface area contributed by atoms with Gasteiger partial charge in [0.1, 0.15) is 0 Å². The van der Waals surface area contributed by atoms with Crippen molar-refractivity contribution in [1.82, 2.24) is 9.21 Å². The largest absolute Gasteiger partial charge is 0.379 e. The number of ether oxygens (including phenoxy) is 1. The van der Waals surface area contributed by atoms with Gasteiger partial charge >= 0.3 is 0 Å². The minimum atomic E-state index is -3.64. The van der Waals surface area contributed by atoms with E-state index in [9.17, 15) is 13.2 Å². The van der Waals surface area contributed by atoms with Crippen molar-refractivity contribution in [3.8, 4) is 0 Å². The molecule has 0 aliphatic carbocycles. The summed E-state index contributed by atoms with van der Waals surface area (Å²) in [7, 11) is -3.64. The van der Waals surface area contributed by atoms with Crippen molar-refractivity contribution in [2.45, 2.75) is 51.0 Å². The normalized spacial score (nSPS) is 21.1. The Balaban J connectivity index is 1.86. The van der Waals surface area contributed by atoms with Gasteiger partial charge in [0.05, 0.1) is 36.0 Å². The monoisotopic (exact) mass is 452 g/mol. The van der Waals surface area contributed by atoms with Crippen LogP contribution in [-0.4, -0.2) is 82.1 Å². The number of nitrogens with one attached hydrogen (secondary N) is 1. The average Bonchev–Trinajstić information content (AvgIpc) is 2.77. The molecule has 1 aromatic rings. The van der Waals surface area contributed by atoms with Crippen LogP contribution in [0.1, 0.15) is 40.0 Å². The van der Waals surface area contributed by atoms with E-state index in [1.165, 1.54) is 10.7 Å². The number of rotatable bonds is 8. The van der Waals surface area contributed by atoms with Crippen LogP contribution >= 0.6 is 0 Å². The van der Waals surface area contributed by atoms with E-state index in [2.05, 4.69) is 22.0 Å². The highest BCUT2D eigenvalue weighted by Gasteiger charge is 2.28. The second-order valence-corrected chi connectivity index (χ2v) is 10.2. The molecular formula is C22H36N4O4S. The van der Waals surface area contributed by atoms with Gasteiger partial charge in [-0.2, -0.15) is 4.31 Å². The lowest BCUT2D eigenvalue weighted by molar-refractivity contribution is -0.118. The van der Waals surface area contributed by atoms with Crippen LogP contribution in [0, 0.1) is 0 Å². The molecule has 31 heavy (non-hydrogen) atoms. The molecule has 0 radical (unpaired) electrons. The molecule has 9 heteroatoms. The molecule has 2 saturated heterocycles. The number of hydrogen-bond acceptors (Lipinski definition) is 6. The smallest absolute Gasteiger partial charge is 0.243 e. The summed E-state index contributed by atoms with van der Waals surface area (Å²) in [6, 6.07) is 5.44. The Hall–Kier alpha value is -1.68. The van der Waals surface area contributed by atoms with E-state index in [4.69, 9.17) is 4.74 Å². The second kappa shape index (κ2) is 10.8. The Kier molecular flexibility index (Phi) is 8.32. The Morgan fingerprint density at radius 2 is 1.87 bits per heavy atom. The molecule has 8 nitrogen and oxygen atoms in total. The molecule has 1 aromatic carbocycles. The molecule has 2 fully saturated rings. The van der Waals surface area contributed by atoms with Gasteiger partial charge in [0, 0.05) is 32.2 Å². The third-order valence-electron chi connectivity index (χ3n) is 6.24. The van der Waals surface area contributed by atoms with Crippen LogP contribution in [0.5, 0.6) is 0 Å². The van der Waals surface area contributed by atoms with E-state index in [1.54, 1.807) is 18.2 Å². The molecular weight excluding hydrogens is 416 g/mol. The number of sulfonamides is 1. The van der Waals surface area contributed by atoms with Gasteiger partial charge in [-0.05, 0) is 58.4 Å². The summed E-state index contributed by atoms with van der Waals surface area (Å²) in [4.78, 5) is 17.4. The first-order valence-electron chi connectivity index (χ1n) is 11.4. The summed E-state index contributed by atoms with van der Waals surface area (Å²) in [6.07, 6.45) is 3.41. The first-order valence-corrected chi connectivity index (χ1v) is 12.8. The number of anilines is 2. The zero-order valence-electron chi connectivity index (χ0n) is 19.0. The van der Waals surface area contributed by atoms with E-state index < -0.39 is 10.0 Å². The number of amides is 1. The van der Waals surface area contributed by atoms with E-state index in [-0.39, 0.29) is 10.8 Å². The Bertz CT molecular complexity index is 851. The molecule has 2 aliphatic rings. The molecule has 3 rings (SSSR count). The summed E-state index contributed by atoms with van der Waals surface area (Å²) in [5.74, 6) is -0.108. The molecule has 1 N–H and O–H groups in total. The first-order chi connectivity index (χ1) is 14.9. The molecule has 174 valence electrons. The number of benzene rings is 1. The number of likely N-dealkylation sites (tertiary alicyclic amines) is 1. The van der Waals surface area contributed by atoms with Crippen molar-refractivity contribution in [3.63, 3.8) is 0 Å². The van der Waals surface area contributed by atoms with Crippen molar-refractivity contribution in [1.29, 1.82) is 0 Å². The number of morpholine rings is 1. The van der Waals surface area contributed by atoms with Gasteiger partial charge in [-0.3, -0.25) is 9.69 Å². The zero-order valence-corrected chi connectivity index (χ0v) is 19.8. The topological polar surface area (TPSA) is 82.2 Å². The van der Waals surface area contributed by atoms with Gasteiger partial charge in [-0.15, -0.1) is 0 Å². The molecule has 1 amide bonds. The van der Waals surface area contributed by atoms with Crippen LogP contribution < -0.4 is 10.2 Å². The van der Waals surface area contributed by atoms with E-state index in [0.29, 0.717) is 44.6 Å². The van der Waals surface area contributed by atoms with Crippen molar-refractivity contribution in [2.24, 2.45) is 0 Å². The maximum absolute atomic E-state index is 13.1. The Morgan fingerprint density at radius 1 is 1.16 bits per heavy atom. The van der Waals surface area contributed by atoms with Crippen molar-refractivity contribution in [3.05, 3.63) is 18.2 Å². The maximum atomic E-state index is 13.1. The Morgan fingerprint density at radius 3 is 2.52 bits per heavy atom. The van der Waals surface area contributed by atoms with E-state index >= 15 is 0 Å². The third kappa shape index (κ3) is 5.77. The molecule has 0 bridgehead atoms. The van der Waals surface area contributed by atoms with Crippen LogP contribution in [0.2, 0.25) is 0 Å². The van der Waals surface area contributed by atoms with Gasteiger partial charge in [0.2, 0.25) is 15.9 Å². The predicted molar refractivity (Wildman–Crippen MR) is 123 cm³/mol. The predicted octanol–water partition coefficient (Wildman–Crippen LogP) is 2.37. The van der Waals surface area contributed by atoms with Crippen LogP contribution in [0.25, 0.3) is 0 Å². The van der Waals surface area contributed by atoms with Crippen LogP contribution in [-0.2, 0) is 19.6 Å². The second-order valence-electron chi connectivity index (χ2n) is 8.23. The van der Waals surface area contributed by atoms with Crippen molar-refractivity contribution in [2.75, 3.05) is 62.7 Å². The molecule has 0 saturated carbocycles. The van der Waals surface area contributed by atoms with Gasteiger partial charge in [0.25, 0.3) is 0 Å². The standard InChI is InChI=1S/C22H36N4O4S/c1-4-24(5-2)21-10-9-19(31(28,29)26-12-14-30-15-13-26)16-20(21)23-22(27)17-25-11-7-6-8-18(25)3/h9-10,16,18H,4-8,11-15,17H2,1-3H3,(H,23,27). The lowest BCUT2D eigenvalue weighted by Gasteiger charge is -2.33. The van der Waals surface area contributed by atoms with Crippen LogP contribution in [0.3, 0.4) is 0 Å². The summed E-state index contributed by atoms with van der Waals surface area (Å²) >= 11 is 0. The summed E-state index contributed by atoms with van der Waals surface area (Å²) in [5.41, 5.74) is 1.39. The maximum Gasteiger partial charge on any atom is 0.243 e. The lowest BCUT2D eigenvalue weighted by atomic mass is 10.0. The Labute approximate surface area is 186 Å². The SMILES string of the molecule is CCN(CC)c1ccc(S(=O)(=O)N2CCOCC2)cc1NC(=O)CN1CCCCC1C. The average molecular weight is 453 g/mol. The van der Waals surface area contributed by atoms with Crippen molar-refractivity contribution < 1.29 is 17.9 Å². The minimum Gasteiger partial charge on any atom is -0.379 e. The summed E-state index contributed by atoms with van der Waals surface area (Å²) in [5, 5.41) is 3.01. The fourth-order valence-electron chi connectivity index (χ4n) is 4.32. The van der Waals surface area contributed by atoms with E-state index in [1.807, 2.05) is 13.8 Å². The molecule has 1 unspecified atom stereocenters. The molecule has 2 aliphatic heterocycles. The number of carbonyl (C=O) groups excluding carboxylic acids is 1. The number of carbonyl (C=O) groups is 1. The molecule has 1 atom stereocenters. The van der Waals surface area contributed by atoms with E-state index in [0.717, 1.165) is 38.2 Å². The van der Waals surface area contributed by atoms with Crippen LogP contribution in [0.4, 0.5) is 11.4 Å². The van der Waals surface area contributed by atoms with Gasteiger partial charge in [-0.25, -0.2) is 8.42 Å². The van der Waals surface area contributed by atoms with Gasteiger partial charge in [-0.1, -0.05) is 6.42 Å². The zero-order chi connectivity index (χ0) is 22.4. The number of nitrogens with zero attached hydrogens (tertiary/aromatic N) is 3. The highest BCUT2D eigenvalue weighted by molar-refractivity contribution is 7.89. The first kappa shape index (κ1) is 24.0. The van der Waals surface area contributed by atoms with Crippen LogP contribution in [0.15, 0.2) is 23.1 Å². The summed E-state index contributed by atoms with van der Waals surface area (Å²) < 4.78 is 33.0. The number of hydrogen-bond donors (Lipinski definition) is 1. The quantitative estimate of drug-likeness (QED) is 0.652. The minimum absolute atomic E-state index is 0.108. The van der Waals surface area contributed by atoms with Gasteiger partial charge in [0.15, 0.2) is 0 Å². The fourth-order valence-corrected chi connectivity index (χ4v) is 5.75. The number of piperidine rings is 1. The molecule has 0 spiro atoms. The highest BCUT2D eigenvalue weighted by atomic mass is 32.2. The molecule has 2 heterocycles. The fraction of sp³-hybridized carbons (Fsp3) is 0.682. The molecule has 0 aromatic heterocycles. The lowest BCUT2D eigenvalue weighted by Crippen LogP contribution is -2.42. The van der Waals surface area contributed by atoms with Gasteiger partial charge < -0.3 is 15.0 Å². The third-order valence-corrected chi connectivity index (χ3v) is 8.14. The highest BCUT2D eigenvalue weighted by Crippen LogP contribution is 2.30. The summed E-state index contributed by atoms with van der Waals surface area (Å²) in [6.45, 7) is 10.5. The van der Waals surface area contributed by atoms with Crippen molar-refractivity contribution >= 4 is 27.3 Å².